The standard InChI is InChI=1S/C23H20ClN3O5S/c24-19-9-5-4-6-16(19)13-25-22(28)14-27-20-12-18(10-11-21(20)32-15-23(27)29)33(30,31)26-17-7-2-1-3-8-17/h1-12,26H,13-15H2,(H,25,28). The number of carbonyl (C=O) groups is 2. The van der Waals surface area contributed by atoms with Crippen molar-refractivity contribution < 1.29 is 22.7 Å². The van der Waals surface area contributed by atoms with Crippen molar-refractivity contribution in [2.75, 3.05) is 22.8 Å². The molecule has 1 aliphatic rings. The molecule has 0 spiro atoms. The average Bonchev–Trinajstić information content (AvgIpc) is 2.80. The first kappa shape index (κ1) is 22.6. The van der Waals surface area contributed by atoms with Crippen LogP contribution in [0.2, 0.25) is 5.02 Å². The van der Waals surface area contributed by atoms with Crippen LogP contribution in [0.15, 0.2) is 77.7 Å². The molecule has 0 fully saturated rings. The molecule has 1 aliphatic heterocycles. The molecule has 2 amide bonds. The molecule has 4 rings (SSSR count). The number of amides is 2. The topological polar surface area (TPSA) is 105 Å². The SMILES string of the molecule is O=C(CN1C(=O)COc2ccc(S(=O)(=O)Nc3ccccc3)cc21)NCc1ccccc1Cl. The van der Waals surface area contributed by atoms with E-state index in [1.165, 1.54) is 23.1 Å². The fraction of sp³-hybridized carbons (Fsp3) is 0.130. The molecule has 0 unspecified atom stereocenters. The summed E-state index contributed by atoms with van der Waals surface area (Å²) >= 11 is 6.11. The Morgan fingerprint density at radius 3 is 2.52 bits per heavy atom. The number of carbonyl (C=O) groups excluding carboxylic acids is 2. The second-order valence-corrected chi connectivity index (χ2v) is 9.33. The molecule has 170 valence electrons. The Hall–Kier alpha value is -3.56. The first-order chi connectivity index (χ1) is 15.8. The van der Waals surface area contributed by atoms with Gasteiger partial charge in [-0.05, 0) is 42.0 Å². The molecular formula is C23H20ClN3O5S. The third-order valence-electron chi connectivity index (χ3n) is 4.95. The van der Waals surface area contributed by atoms with Gasteiger partial charge in [0.25, 0.3) is 15.9 Å². The molecular weight excluding hydrogens is 466 g/mol. The van der Waals surface area contributed by atoms with Crippen molar-refractivity contribution in [3.05, 3.63) is 83.4 Å². The predicted molar refractivity (Wildman–Crippen MR) is 125 cm³/mol. The number of benzene rings is 3. The van der Waals surface area contributed by atoms with Gasteiger partial charge in [-0.15, -0.1) is 0 Å². The van der Waals surface area contributed by atoms with E-state index in [1.54, 1.807) is 54.6 Å². The zero-order chi connectivity index (χ0) is 23.4. The normalized spacial score (nSPS) is 13.1. The summed E-state index contributed by atoms with van der Waals surface area (Å²) in [5, 5.41) is 3.25. The van der Waals surface area contributed by atoms with E-state index in [0.717, 1.165) is 5.56 Å². The molecule has 10 heteroatoms. The lowest BCUT2D eigenvalue weighted by Crippen LogP contribution is -2.45. The van der Waals surface area contributed by atoms with Gasteiger partial charge in [0, 0.05) is 17.3 Å². The fourth-order valence-corrected chi connectivity index (χ4v) is 4.56. The second kappa shape index (κ2) is 9.51. The van der Waals surface area contributed by atoms with Gasteiger partial charge in [0.05, 0.1) is 10.6 Å². The van der Waals surface area contributed by atoms with Crippen LogP contribution in [0.25, 0.3) is 0 Å². The van der Waals surface area contributed by atoms with Crippen molar-refractivity contribution >= 4 is 44.8 Å². The Morgan fingerprint density at radius 2 is 1.76 bits per heavy atom. The molecule has 0 atom stereocenters. The number of hydrogen-bond donors (Lipinski definition) is 2. The number of rotatable bonds is 7. The molecule has 0 bridgehead atoms. The lowest BCUT2D eigenvalue weighted by Gasteiger charge is -2.29. The van der Waals surface area contributed by atoms with Gasteiger partial charge in [0.1, 0.15) is 12.3 Å². The minimum Gasteiger partial charge on any atom is -0.482 e. The van der Waals surface area contributed by atoms with Gasteiger partial charge in [-0.1, -0.05) is 48.0 Å². The highest BCUT2D eigenvalue weighted by molar-refractivity contribution is 7.92. The van der Waals surface area contributed by atoms with E-state index in [0.29, 0.717) is 16.5 Å². The number of halogens is 1. The minimum absolute atomic E-state index is 0.0649. The Morgan fingerprint density at radius 1 is 1.03 bits per heavy atom. The van der Waals surface area contributed by atoms with Gasteiger partial charge in [0.15, 0.2) is 6.61 Å². The van der Waals surface area contributed by atoms with Crippen LogP contribution in [0.3, 0.4) is 0 Å². The molecule has 2 N–H and O–H groups in total. The van der Waals surface area contributed by atoms with Crippen LogP contribution in [0.5, 0.6) is 5.75 Å². The van der Waals surface area contributed by atoms with Crippen LogP contribution in [0.4, 0.5) is 11.4 Å². The van der Waals surface area contributed by atoms with E-state index >= 15 is 0 Å². The van der Waals surface area contributed by atoms with Crippen LogP contribution in [0, 0.1) is 0 Å². The van der Waals surface area contributed by atoms with Gasteiger partial charge < -0.3 is 10.1 Å². The number of anilines is 2. The number of nitrogens with zero attached hydrogens (tertiary/aromatic N) is 1. The molecule has 8 nitrogen and oxygen atoms in total. The first-order valence-corrected chi connectivity index (χ1v) is 11.8. The Balaban J connectivity index is 1.53. The fourth-order valence-electron chi connectivity index (χ4n) is 3.28. The molecule has 0 aliphatic carbocycles. The van der Waals surface area contributed by atoms with Gasteiger partial charge in [-0.25, -0.2) is 8.42 Å². The van der Waals surface area contributed by atoms with E-state index in [2.05, 4.69) is 10.0 Å². The van der Waals surface area contributed by atoms with Crippen molar-refractivity contribution in [1.82, 2.24) is 5.32 Å². The summed E-state index contributed by atoms with van der Waals surface area (Å²) in [5.41, 5.74) is 1.34. The van der Waals surface area contributed by atoms with E-state index in [4.69, 9.17) is 16.3 Å². The number of hydrogen-bond acceptors (Lipinski definition) is 5. The monoisotopic (exact) mass is 485 g/mol. The van der Waals surface area contributed by atoms with Gasteiger partial charge in [-0.3, -0.25) is 19.2 Å². The summed E-state index contributed by atoms with van der Waals surface area (Å²) < 4.78 is 33.6. The van der Waals surface area contributed by atoms with Crippen LogP contribution < -0.4 is 19.7 Å². The van der Waals surface area contributed by atoms with E-state index in [9.17, 15) is 18.0 Å². The summed E-state index contributed by atoms with van der Waals surface area (Å²) in [5.74, 6) is -0.570. The summed E-state index contributed by atoms with van der Waals surface area (Å²) in [6.07, 6.45) is 0. The summed E-state index contributed by atoms with van der Waals surface area (Å²) in [6.45, 7) is -0.353. The quantitative estimate of drug-likeness (QED) is 0.534. The van der Waals surface area contributed by atoms with E-state index in [-0.39, 0.29) is 30.3 Å². The Labute approximate surface area is 196 Å². The largest absolute Gasteiger partial charge is 0.482 e. The van der Waals surface area contributed by atoms with E-state index < -0.39 is 21.8 Å². The van der Waals surface area contributed by atoms with Crippen molar-refractivity contribution in [3.63, 3.8) is 0 Å². The highest BCUT2D eigenvalue weighted by Gasteiger charge is 2.29. The minimum atomic E-state index is -3.93. The Kier molecular flexibility index (Phi) is 6.52. The second-order valence-electron chi connectivity index (χ2n) is 7.24. The van der Waals surface area contributed by atoms with Crippen LogP contribution in [-0.4, -0.2) is 33.4 Å². The number of fused-ring (bicyclic) bond motifs is 1. The maximum atomic E-state index is 12.8. The predicted octanol–water partition coefficient (Wildman–Crippen LogP) is 3.18. The summed E-state index contributed by atoms with van der Waals surface area (Å²) in [6, 6.07) is 19.7. The molecule has 1 heterocycles. The zero-order valence-electron chi connectivity index (χ0n) is 17.3. The van der Waals surface area contributed by atoms with Gasteiger partial charge in [0.2, 0.25) is 5.91 Å². The van der Waals surface area contributed by atoms with Gasteiger partial charge in [-0.2, -0.15) is 0 Å². The molecule has 33 heavy (non-hydrogen) atoms. The summed E-state index contributed by atoms with van der Waals surface area (Å²) in [4.78, 5) is 26.2. The number of ether oxygens (including phenoxy) is 1. The number of sulfonamides is 1. The van der Waals surface area contributed by atoms with Crippen LogP contribution in [0.1, 0.15) is 5.56 Å². The lowest BCUT2D eigenvalue weighted by atomic mass is 10.2. The first-order valence-electron chi connectivity index (χ1n) is 9.99. The smallest absolute Gasteiger partial charge is 0.265 e. The highest BCUT2D eigenvalue weighted by atomic mass is 35.5. The third kappa shape index (κ3) is 5.27. The van der Waals surface area contributed by atoms with Gasteiger partial charge >= 0.3 is 0 Å². The molecule has 3 aromatic rings. The maximum Gasteiger partial charge on any atom is 0.265 e. The molecule has 3 aromatic carbocycles. The average molecular weight is 486 g/mol. The summed E-state index contributed by atoms with van der Waals surface area (Å²) in [7, 11) is -3.93. The molecule has 0 radical (unpaired) electrons. The maximum absolute atomic E-state index is 12.8. The highest BCUT2D eigenvalue weighted by Crippen LogP contribution is 2.34. The number of nitrogens with one attached hydrogen (secondary N) is 2. The Bertz CT molecular complexity index is 1300. The van der Waals surface area contributed by atoms with Crippen molar-refractivity contribution in [2.24, 2.45) is 0 Å². The van der Waals surface area contributed by atoms with Crippen molar-refractivity contribution in [1.29, 1.82) is 0 Å². The molecule has 0 saturated carbocycles. The van der Waals surface area contributed by atoms with E-state index in [1.807, 2.05) is 0 Å². The third-order valence-corrected chi connectivity index (χ3v) is 6.69. The van der Waals surface area contributed by atoms with Crippen molar-refractivity contribution in [2.45, 2.75) is 11.4 Å². The molecule has 0 aromatic heterocycles. The number of para-hydroxylation sites is 1. The molecule has 0 saturated heterocycles. The van der Waals surface area contributed by atoms with Crippen molar-refractivity contribution in [3.8, 4) is 5.75 Å². The lowest BCUT2D eigenvalue weighted by molar-refractivity contribution is -0.125. The zero-order valence-corrected chi connectivity index (χ0v) is 18.9. The van der Waals surface area contributed by atoms with Crippen LogP contribution in [-0.2, 0) is 26.2 Å². The van der Waals surface area contributed by atoms with Crippen LogP contribution >= 0.6 is 11.6 Å².